The zero-order chi connectivity index (χ0) is 14.5. The van der Waals surface area contributed by atoms with Crippen molar-refractivity contribution in [3.05, 3.63) is 70.5 Å². The molecule has 1 atom stereocenters. The van der Waals surface area contributed by atoms with Crippen LogP contribution in [0.25, 0.3) is 0 Å². The Labute approximate surface area is 120 Å². The van der Waals surface area contributed by atoms with Crippen molar-refractivity contribution in [3.8, 4) is 0 Å². The first-order chi connectivity index (χ1) is 9.67. The van der Waals surface area contributed by atoms with Crippen molar-refractivity contribution >= 4 is 0 Å². The molecule has 0 heterocycles. The van der Waals surface area contributed by atoms with Crippen LogP contribution in [0.1, 0.15) is 42.1 Å². The zero-order valence-corrected chi connectivity index (χ0v) is 12.4. The highest BCUT2D eigenvalue weighted by molar-refractivity contribution is 5.39. The lowest BCUT2D eigenvalue weighted by Gasteiger charge is -2.22. The van der Waals surface area contributed by atoms with Gasteiger partial charge in [0.05, 0.1) is 6.04 Å². The van der Waals surface area contributed by atoms with Crippen molar-refractivity contribution in [1.29, 1.82) is 0 Å². The Morgan fingerprint density at radius 1 is 1.10 bits per heavy atom. The fourth-order valence-corrected chi connectivity index (χ4v) is 2.60. The molecule has 0 spiro atoms. The van der Waals surface area contributed by atoms with Crippen LogP contribution >= 0.6 is 0 Å². The first-order valence-corrected chi connectivity index (χ1v) is 7.24. The van der Waals surface area contributed by atoms with Gasteiger partial charge in [-0.25, -0.2) is 4.39 Å². The number of benzene rings is 2. The van der Waals surface area contributed by atoms with Crippen LogP contribution in [0.4, 0.5) is 4.39 Å². The van der Waals surface area contributed by atoms with Crippen molar-refractivity contribution in [2.24, 2.45) is 0 Å². The predicted octanol–water partition coefficient (Wildman–Crippen LogP) is 4.40. The summed E-state index contributed by atoms with van der Waals surface area (Å²) >= 11 is 0. The number of rotatable bonds is 5. The average Bonchev–Trinajstić information content (AvgIpc) is 2.48. The van der Waals surface area contributed by atoms with Gasteiger partial charge in [-0.15, -0.1) is 0 Å². The third-order valence-corrected chi connectivity index (χ3v) is 3.67. The summed E-state index contributed by atoms with van der Waals surface area (Å²) in [4.78, 5) is 0. The molecule has 0 saturated heterocycles. The monoisotopic (exact) mass is 271 g/mol. The SMILES string of the molecule is CCNC(c1ccc(F)c(C)c1)c1ccccc1CC. The molecule has 0 saturated carbocycles. The lowest BCUT2D eigenvalue weighted by Crippen LogP contribution is -2.23. The number of nitrogens with one attached hydrogen (secondary N) is 1. The molecule has 1 unspecified atom stereocenters. The molecule has 1 N–H and O–H groups in total. The van der Waals surface area contributed by atoms with E-state index in [0.29, 0.717) is 5.56 Å². The standard InChI is InChI=1S/C18H22FN/c1-4-14-8-6-7-9-16(14)18(20-5-2)15-10-11-17(19)13(3)12-15/h6-12,18,20H,4-5H2,1-3H3. The maximum absolute atomic E-state index is 13.5. The minimum atomic E-state index is -0.146. The van der Waals surface area contributed by atoms with E-state index >= 15 is 0 Å². The third kappa shape index (κ3) is 3.07. The van der Waals surface area contributed by atoms with Gasteiger partial charge in [0.1, 0.15) is 5.82 Å². The van der Waals surface area contributed by atoms with Gasteiger partial charge in [0, 0.05) is 0 Å². The van der Waals surface area contributed by atoms with E-state index in [4.69, 9.17) is 0 Å². The van der Waals surface area contributed by atoms with Gasteiger partial charge < -0.3 is 5.32 Å². The molecule has 0 aliphatic heterocycles. The van der Waals surface area contributed by atoms with Crippen molar-refractivity contribution in [1.82, 2.24) is 5.32 Å². The van der Waals surface area contributed by atoms with Crippen LogP contribution in [0.5, 0.6) is 0 Å². The fourth-order valence-electron chi connectivity index (χ4n) is 2.60. The van der Waals surface area contributed by atoms with Gasteiger partial charge in [0.15, 0.2) is 0 Å². The van der Waals surface area contributed by atoms with E-state index in [1.165, 1.54) is 11.1 Å². The highest BCUT2D eigenvalue weighted by Crippen LogP contribution is 2.26. The van der Waals surface area contributed by atoms with Gasteiger partial charge in [-0.3, -0.25) is 0 Å². The maximum Gasteiger partial charge on any atom is 0.126 e. The van der Waals surface area contributed by atoms with E-state index in [-0.39, 0.29) is 11.9 Å². The molecule has 0 fully saturated rings. The molecule has 0 aliphatic carbocycles. The van der Waals surface area contributed by atoms with Crippen molar-refractivity contribution in [2.75, 3.05) is 6.54 Å². The molecule has 106 valence electrons. The molecule has 2 rings (SSSR count). The van der Waals surface area contributed by atoms with E-state index < -0.39 is 0 Å². The summed E-state index contributed by atoms with van der Waals surface area (Å²) in [5.41, 5.74) is 4.43. The summed E-state index contributed by atoms with van der Waals surface area (Å²) < 4.78 is 13.5. The highest BCUT2D eigenvalue weighted by Gasteiger charge is 2.16. The molecule has 2 aromatic rings. The maximum atomic E-state index is 13.5. The van der Waals surface area contributed by atoms with Crippen molar-refractivity contribution in [2.45, 2.75) is 33.2 Å². The van der Waals surface area contributed by atoms with Crippen LogP contribution in [-0.2, 0) is 6.42 Å². The van der Waals surface area contributed by atoms with E-state index in [1.54, 1.807) is 6.07 Å². The topological polar surface area (TPSA) is 12.0 Å². The number of hydrogen-bond acceptors (Lipinski definition) is 1. The summed E-state index contributed by atoms with van der Waals surface area (Å²) in [5.74, 6) is -0.146. The van der Waals surface area contributed by atoms with Crippen LogP contribution in [-0.4, -0.2) is 6.54 Å². The molecule has 20 heavy (non-hydrogen) atoms. The van der Waals surface area contributed by atoms with Gasteiger partial charge in [0.2, 0.25) is 0 Å². The first-order valence-electron chi connectivity index (χ1n) is 7.24. The number of halogens is 1. The van der Waals surface area contributed by atoms with E-state index in [9.17, 15) is 4.39 Å². The molecule has 1 nitrogen and oxygen atoms in total. The average molecular weight is 271 g/mol. The second-order valence-corrected chi connectivity index (χ2v) is 5.05. The Balaban J connectivity index is 2.47. The second kappa shape index (κ2) is 6.67. The largest absolute Gasteiger partial charge is 0.307 e. The minimum Gasteiger partial charge on any atom is -0.307 e. The van der Waals surface area contributed by atoms with Gasteiger partial charge in [-0.2, -0.15) is 0 Å². The summed E-state index contributed by atoms with van der Waals surface area (Å²) in [6.07, 6.45) is 0.998. The highest BCUT2D eigenvalue weighted by atomic mass is 19.1. The van der Waals surface area contributed by atoms with Gasteiger partial charge >= 0.3 is 0 Å². The van der Waals surface area contributed by atoms with E-state index in [1.807, 2.05) is 19.1 Å². The molecule has 0 bridgehead atoms. The summed E-state index contributed by atoms with van der Waals surface area (Å²) in [5, 5.41) is 3.51. The molecular weight excluding hydrogens is 249 g/mol. The second-order valence-electron chi connectivity index (χ2n) is 5.05. The van der Waals surface area contributed by atoms with Crippen LogP contribution < -0.4 is 5.32 Å². The fraction of sp³-hybridized carbons (Fsp3) is 0.333. The molecule has 0 aliphatic rings. The van der Waals surface area contributed by atoms with Crippen LogP contribution in [0.15, 0.2) is 42.5 Å². The predicted molar refractivity (Wildman–Crippen MR) is 82.5 cm³/mol. The van der Waals surface area contributed by atoms with Gasteiger partial charge in [-0.1, -0.05) is 50.2 Å². The Morgan fingerprint density at radius 3 is 2.50 bits per heavy atom. The number of hydrogen-bond donors (Lipinski definition) is 1. The van der Waals surface area contributed by atoms with Crippen LogP contribution in [0, 0.1) is 12.7 Å². The van der Waals surface area contributed by atoms with E-state index in [2.05, 4.69) is 43.4 Å². The van der Waals surface area contributed by atoms with Crippen LogP contribution in [0.2, 0.25) is 0 Å². The zero-order valence-electron chi connectivity index (χ0n) is 12.4. The quantitative estimate of drug-likeness (QED) is 0.850. The third-order valence-electron chi connectivity index (χ3n) is 3.67. The molecule has 2 aromatic carbocycles. The normalized spacial score (nSPS) is 12.4. The lowest BCUT2D eigenvalue weighted by molar-refractivity contribution is 0.604. The molecular formula is C18H22FN. The lowest BCUT2D eigenvalue weighted by atomic mass is 9.92. The minimum absolute atomic E-state index is 0.121. The summed E-state index contributed by atoms with van der Waals surface area (Å²) in [6.45, 7) is 6.95. The van der Waals surface area contributed by atoms with E-state index in [0.717, 1.165) is 18.5 Å². The van der Waals surface area contributed by atoms with Crippen molar-refractivity contribution in [3.63, 3.8) is 0 Å². The Morgan fingerprint density at radius 2 is 1.85 bits per heavy atom. The molecule has 0 aromatic heterocycles. The summed E-state index contributed by atoms with van der Waals surface area (Å²) in [7, 11) is 0. The number of aryl methyl sites for hydroxylation is 2. The smallest absolute Gasteiger partial charge is 0.126 e. The molecule has 0 radical (unpaired) electrons. The Kier molecular flexibility index (Phi) is 4.91. The Bertz CT molecular complexity index is 577. The van der Waals surface area contributed by atoms with Crippen LogP contribution in [0.3, 0.4) is 0 Å². The summed E-state index contributed by atoms with van der Waals surface area (Å²) in [6, 6.07) is 14.0. The molecule has 0 amide bonds. The molecule has 2 heteroatoms. The van der Waals surface area contributed by atoms with Gasteiger partial charge in [0.25, 0.3) is 0 Å². The van der Waals surface area contributed by atoms with Crippen molar-refractivity contribution < 1.29 is 4.39 Å². The van der Waals surface area contributed by atoms with Gasteiger partial charge in [-0.05, 0) is 48.2 Å². The first kappa shape index (κ1) is 14.7. The Hall–Kier alpha value is -1.67.